The van der Waals surface area contributed by atoms with E-state index in [1.165, 1.54) is 11.1 Å². The fourth-order valence-corrected chi connectivity index (χ4v) is 2.83. The lowest BCUT2D eigenvalue weighted by atomic mass is 10.1. The zero-order chi connectivity index (χ0) is 18.4. The van der Waals surface area contributed by atoms with E-state index >= 15 is 0 Å². The van der Waals surface area contributed by atoms with Crippen molar-refractivity contribution in [3.8, 4) is 0 Å². The van der Waals surface area contributed by atoms with Crippen LogP contribution in [0.2, 0.25) is 0 Å². The maximum Gasteiger partial charge on any atom is 0.229 e. The van der Waals surface area contributed by atoms with Crippen LogP contribution in [0.15, 0.2) is 66.9 Å². The summed E-state index contributed by atoms with van der Waals surface area (Å²) in [5, 5.41) is 3.30. The van der Waals surface area contributed by atoms with Crippen LogP contribution in [0.25, 0.3) is 0 Å². The molecule has 4 nitrogen and oxygen atoms in total. The van der Waals surface area contributed by atoms with Crippen LogP contribution < -0.4 is 10.2 Å². The van der Waals surface area contributed by atoms with Gasteiger partial charge in [0.05, 0.1) is 0 Å². The highest BCUT2D eigenvalue weighted by Gasteiger charge is 2.13. The Balaban J connectivity index is 1.79. The van der Waals surface area contributed by atoms with Crippen LogP contribution in [0.4, 0.5) is 17.5 Å². The molecule has 0 unspecified atom stereocenters. The summed E-state index contributed by atoms with van der Waals surface area (Å²) in [4.78, 5) is 11.4. The van der Waals surface area contributed by atoms with Crippen LogP contribution in [-0.4, -0.2) is 16.0 Å². The van der Waals surface area contributed by atoms with Crippen LogP contribution in [0.1, 0.15) is 31.9 Å². The van der Waals surface area contributed by atoms with E-state index in [4.69, 9.17) is 4.98 Å². The van der Waals surface area contributed by atoms with Gasteiger partial charge in [0.2, 0.25) is 5.95 Å². The Labute approximate surface area is 155 Å². The van der Waals surface area contributed by atoms with Crippen molar-refractivity contribution >= 4 is 17.5 Å². The van der Waals surface area contributed by atoms with Crippen LogP contribution in [0, 0.1) is 0 Å². The predicted octanol–water partition coefficient (Wildman–Crippen LogP) is 5.20. The van der Waals surface area contributed by atoms with E-state index in [2.05, 4.69) is 84.5 Å². The van der Waals surface area contributed by atoms with Crippen molar-refractivity contribution in [1.29, 1.82) is 0 Å². The van der Waals surface area contributed by atoms with Crippen molar-refractivity contribution in [2.75, 3.05) is 10.2 Å². The molecule has 0 saturated carbocycles. The van der Waals surface area contributed by atoms with E-state index in [1.807, 2.05) is 18.3 Å². The van der Waals surface area contributed by atoms with Crippen LogP contribution in [0.5, 0.6) is 0 Å². The van der Waals surface area contributed by atoms with Gasteiger partial charge in [-0.3, -0.25) is 0 Å². The third kappa shape index (κ3) is 4.60. The summed E-state index contributed by atoms with van der Waals surface area (Å²) in [6.45, 7) is 7.34. The van der Waals surface area contributed by atoms with Gasteiger partial charge in [0, 0.05) is 24.5 Å². The van der Waals surface area contributed by atoms with Crippen LogP contribution in [-0.2, 0) is 13.0 Å². The number of rotatable bonds is 7. The average molecular weight is 346 g/mol. The first-order chi connectivity index (χ1) is 12.7. The molecule has 3 aromatic rings. The molecule has 1 heterocycles. The largest absolute Gasteiger partial charge is 0.350 e. The number of nitrogens with zero attached hydrogens (tertiary/aromatic N) is 3. The summed E-state index contributed by atoms with van der Waals surface area (Å²) in [6.07, 6.45) is 2.85. The Bertz CT molecular complexity index is 813. The van der Waals surface area contributed by atoms with Crippen molar-refractivity contribution < 1.29 is 0 Å². The first kappa shape index (κ1) is 17.9. The molecule has 0 fully saturated rings. The number of aryl methyl sites for hydroxylation is 1. The number of aromatic nitrogens is 2. The maximum atomic E-state index is 4.73. The van der Waals surface area contributed by atoms with Gasteiger partial charge in [-0.2, -0.15) is 4.98 Å². The second-order valence-electron chi connectivity index (χ2n) is 6.62. The minimum atomic E-state index is 0.335. The molecule has 0 atom stereocenters. The van der Waals surface area contributed by atoms with Crippen molar-refractivity contribution in [2.45, 2.75) is 39.8 Å². The molecule has 0 aliphatic carbocycles. The number of nitrogens with one attached hydrogen (secondary N) is 1. The molecule has 0 saturated heterocycles. The lowest BCUT2D eigenvalue weighted by Gasteiger charge is -2.28. The highest BCUT2D eigenvalue weighted by Crippen LogP contribution is 2.20. The molecule has 2 aromatic carbocycles. The minimum Gasteiger partial charge on any atom is -0.350 e. The number of hydrogen-bond acceptors (Lipinski definition) is 4. The second-order valence-corrected chi connectivity index (χ2v) is 6.62. The van der Waals surface area contributed by atoms with Gasteiger partial charge in [0.1, 0.15) is 5.82 Å². The summed E-state index contributed by atoms with van der Waals surface area (Å²) < 4.78 is 0. The highest BCUT2D eigenvalue weighted by molar-refractivity contribution is 5.55. The maximum absolute atomic E-state index is 4.73. The highest BCUT2D eigenvalue weighted by atomic mass is 15.2. The zero-order valence-electron chi connectivity index (χ0n) is 15.7. The van der Waals surface area contributed by atoms with E-state index in [9.17, 15) is 0 Å². The summed E-state index contributed by atoms with van der Waals surface area (Å²) in [6, 6.07) is 21.2. The van der Waals surface area contributed by atoms with Gasteiger partial charge < -0.3 is 10.2 Å². The number of anilines is 3. The van der Waals surface area contributed by atoms with Crippen LogP contribution >= 0.6 is 0 Å². The summed E-state index contributed by atoms with van der Waals surface area (Å²) >= 11 is 0. The second kappa shape index (κ2) is 8.48. The summed E-state index contributed by atoms with van der Waals surface area (Å²) in [7, 11) is 0. The fraction of sp³-hybridized carbons (Fsp3) is 0.273. The van der Waals surface area contributed by atoms with E-state index in [-0.39, 0.29) is 0 Å². The molecule has 0 aliphatic rings. The van der Waals surface area contributed by atoms with Gasteiger partial charge in [0.25, 0.3) is 0 Å². The molecule has 0 radical (unpaired) electrons. The van der Waals surface area contributed by atoms with E-state index < -0.39 is 0 Å². The summed E-state index contributed by atoms with van der Waals surface area (Å²) in [5.41, 5.74) is 3.59. The third-order valence-electron chi connectivity index (χ3n) is 4.37. The van der Waals surface area contributed by atoms with Gasteiger partial charge in [-0.05, 0) is 49.6 Å². The standard InChI is InChI=1S/C22H26N4/c1-4-18-10-12-20(13-11-18)24-22-23-15-14-21(25-22)26(17(2)3)16-19-8-6-5-7-9-19/h5-15,17H,4,16H2,1-3H3,(H,23,24,25). The average Bonchev–Trinajstić information content (AvgIpc) is 2.67. The topological polar surface area (TPSA) is 41.1 Å². The molecule has 134 valence electrons. The lowest BCUT2D eigenvalue weighted by Crippen LogP contribution is -2.31. The zero-order valence-corrected chi connectivity index (χ0v) is 15.7. The molecule has 1 aromatic heterocycles. The van der Waals surface area contributed by atoms with Crippen molar-refractivity contribution in [3.05, 3.63) is 78.0 Å². The van der Waals surface area contributed by atoms with Crippen molar-refractivity contribution in [3.63, 3.8) is 0 Å². The van der Waals surface area contributed by atoms with Gasteiger partial charge in [-0.1, -0.05) is 49.4 Å². The third-order valence-corrected chi connectivity index (χ3v) is 4.37. The Hall–Kier alpha value is -2.88. The molecule has 4 heteroatoms. The Kier molecular flexibility index (Phi) is 5.84. The Morgan fingerprint density at radius 2 is 1.65 bits per heavy atom. The molecular formula is C22H26N4. The molecular weight excluding hydrogens is 320 g/mol. The minimum absolute atomic E-state index is 0.335. The summed E-state index contributed by atoms with van der Waals surface area (Å²) in [5.74, 6) is 1.54. The first-order valence-corrected chi connectivity index (χ1v) is 9.15. The first-order valence-electron chi connectivity index (χ1n) is 9.15. The molecule has 1 N–H and O–H groups in total. The van der Waals surface area contributed by atoms with Crippen molar-refractivity contribution in [1.82, 2.24) is 9.97 Å². The predicted molar refractivity (Wildman–Crippen MR) is 109 cm³/mol. The number of benzene rings is 2. The van der Waals surface area contributed by atoms with Gasteiger partial charge in [-0.25, -0.2) is 4.98 Å². The molecule has 0 spiro atoms. The van der Waals surface area contributed by atoms with Gasteiger partial charge in [-0.15, -0.1) is 0 Å². The smallest absolute Gasteiger partial charge is 0.229 e. The van der Waals surface area contributed by atoms with Crippen molar-refractivity contribution in [2.24, 2.45) is 0 Å². The van der Waals surface area contributed by atoms with E-state index in [0.717, 1.165) is 24.5 Å². The van der Waals surface area contributed by atoms with Gasteiger partial charge >= 0.3 is 0 Å². The number of hydrogen-bond donors (Lipinski definition) is 1. The van der Waals surface area contributed by atoms with E-state index in [0.29, 0.717) is 12.0 Å². The fourth-order valence-electron chi connectivity index (χ4n) is 2.83. The molecule has 3 rings (SSSR count). The molecule has 0 amide bonds. The van der Waals surface area contributed by atoms with Gasteiger partial charge in [0.15, 0.2) is 0 Å². The monoisotopic (exact) mass is 346 g/mol. The lowest BCUT2D eigenvalue weighted by molar-refractivity contribution is 0.672. The quantitative estimate of drug-likeness (QED) is 0.638. The molecule has 0 aliphatic heterocycles. The molecule has 26 heavy (non-hydrogen) atoms. The SMILES string of the molecule is CCc1ccc(Nc2nccc(N(Cc3ccccc3)C(C)C)n2)cc1. The van der Waals surface area contributed by atoms with E-state index in [1.54, 1.807) is 0 Å². The van der Waals surface area contributed by atoms with Crippen LogP contribution in [0.3, 0.4) is 0 Å². The Morgan fingerprint density at radius 1 is 0.923 bits per heavy atom. The normalized spacial score (nSPS) is 10.8. The Morgan fingerprint density at radius 3 is 2.31 bits per heavy atom. The molecule has 0 bridgehead atoms.